The Balaban J connectivity index is 1.24. The Morgan fingerprint density at radius 3 is 2.24 bits per heavy atom. The van der Waals surface area contributed by atoms with Gasteiger partial charge in [-0.2, -0.15) is 0 Å². The molecule has 0 aromatic heterocycles. The summed E-state index contributed by atoms with van der Waals surface area (Å²) in [5.41, 5.74) is 1.17. The number of hydrogen-bond donors (Lipinski definition) is 0. The third-order valence-corrected chi connectivity index (χ3v) is 6.33. The van der Waals surface area contributed by atoms with Crippen LogP contribution in [0.25, 0.3) is 0 Å². The van der Waals surface area contributed by atoms with Crippen LogP contribution in [0.1, 0.15) is 26.2 Å². The van der Waals surface area contributed by atoms with Crippen LogP contribution in [0.3, 0.4) is 0 Å². The first-order valence-corrected chi connectivity index (χ1v) is 10.9. The number of carbonyl (C=O) groups is 2. The maximum absolute atomic E-state index is 12.6. The molecule has 156 valence electrons. The van der Waals surface area contributed by atoms with Crippen LogP contribution in [0.2, 0.25) is 0 Å². The molecule has 0 N–H and O–H groups in total. The predicted octanol–water partition coefficient (Wildman–Crippen LogP) is 2.55. The molecule has 2 atom stereocenters. The second-order valence-electron chi connectivity index (χ2n) is 8.07. The van der Waals surface area contributed by atoms with Gasteiger partial charge >= 0.3 is 0 Å². The number of hydrogen-bond acceptors (Lipinski definition) is 5. The molecule has 0 bridgehead atoms. The zero-order valence-electron chi connectivity index (χ0n) is 17.3. The summed E-state index contributed by atoms with van der Waals surface area (Å²) >= 11 is 0. The SMILES string of the molecule is CCOc1ccccc1N1CCN(CCCN2C(=O)[C@H]3CC=CC[C@H]3C2=O)CC1. The largest absolute Gasteiger partial charge is 0.492 e. The Morgan fingerprint density at radius 2 is 1.59 bits per heavy atom. The number of nitrogens with zero attached hydrogens (tertiary/aromatic N) is 3. The molecule has 2 saturated heterocycles. The van der Waals surface area contributed by atoms with Gasteiger partial charge in [-0.1, -0.05) is 24.3 Å². The minimum absolute atomic E-state index is 0.0432. The summed E-state index contributed by atoms with van der Waals surface area (Å²) in [5.74, 6) is 0.816. The van der Waals surface area contributed by atoms with E-state index in [9.17, 15) is 9.59 Å². The second kappa shape index (κ2) is 8.99. The van der Waals surface area contributed by atoms with Crippen molar-refractivity contribution in [3.05, 3.63) is 36.4 Å². The smallest absolute Gasteiger partial charge is 0.233 e. The van der Waals surface area contributed by atoms with Crippen molar-refractivity contribution in [2.75, 3.05) is 50.8 Å². The molecular formula is C23H31N3O3. The highest BCUT2D eigenvalue weighted by atomic mass is 16.5. The van der Waals surface area contributed by atoms with E-state index in [0.29, 0.717) is 13.2 Å². The van der Waals surface area contributed by atoms with Gasteiger partial charge in [-0.25, -0.2) is 0 Å². The first kappa shape index (κ1) is 20.0. The number of imide groups is 1. The molecule has 0 radical (unpaired) electrons. The molecule has 2 heterocycles. The Hall–Kier alpha value is -2.34. The highest BCUT2D eigenvalue weighted by Gasteiger charge is 2.46. The molecule has 0 saturated carbocycles. The summed E-state index contributed by atoms with van der Waals surface area (Å²) < 4.78 is 5.77. The van der Waals surface area contributed by atoms with Crippen LogP contribution in [0.5, 0.6) is 5.75 Å². The predicted molar refractivity (Wildman–Crippen MR) is 113 cm³/mol. The van der Waals surface area contributed by atoms with Crippen LogP contribution in [0.15, 0.2) is 36.4 Å². The van der Waals surface area contributed by atoms with Crippen molar-refractivity contribution in [3.8, 4) is 5.75 Å². The standard InChI is InChI=1S/C23H31N3O3/c1-2-29-21-11-6-5-10-20(21)25-16-14-24(15-17-25)12-7-13-26-22(27)18-8-3-4-9-19(18)23(26)28/h3-6,10-11,18-19H,2,7-9,12-17H2,1H3/t18-,19+. The van der Waals surface area contributed by atoms with E-state index < -0.39 is 0 Å². The number of piperazine rings is 1. The highest BCUT2D eigenvalue weighted by Crippen LogP contribution is 2.35. The molecule has 29 heavy (non-hydrogen) atoms. The van der Waals surface area contributed by atoms with Gasteiger partial charge in [-0.15, -0.1) is 0 Å². The van der Waals surface area contributed by atoms with Crippen LogP contribution in [-0.2, 0) is 9.59 Å². The van der Waals surface area contributed by atoms with Gasteiger partial charge in [0.25, 0.3) is 0 Å². The summed E-state index contributed by atoms with van der Waals surface area (Å²) in [6, 6.07) is 8.22. The fourth-order valence-corrected chi connectivity index (χ4v) is 4.75. The van der Waals surface area contributed by atoms with Crippen molar-refractivity contribution in [1.82, 2.24) is 9.80 Å². The molecule has 6 heteroatoms. The molecular weight excluding hydrogens is 366 g/mol. The van der Waals surface area contributed by atoms with E-state index in [0.717, 1.165) is 57.7 Å². The number of benzene rings is 1. The van der Waals surface area contributed by atoms with E-state index in [1.807, 2.05) is 31.2 Å². The van der Waals surface area contributed by atoms with Crippen molar-refractivity contribution in [2.45, 2.75) is 26.2 Å². The molecule has 0 unspecified atom stereocenters. The monoisotopic (exact) mass is 397 g/mol. The number of rotatable bonds is 7. The molecule has 3 aliphatic rings. The van der Waals surface area contributed by atoms with Gasteiger partial charge in [0, 0.05) is 32.7 Å². The van der Waals surface area contributed by atoms with Crippen molar-refractivity contribution < 1.29 is 14.3 Å². The average molecular weight is 398 g/mol. The quantitative estimate of drug-likeness (QED) is 0.523. The van der Waals surface area contributed by atoms with Gasteiger partial charge < -0.3 is 9.64 Å². The molecule has 2 aliphatic heterocycles. The maximum atomic E-state index is 12.6. The number of carbonyl (C=O) groups excluding carboxylic acids is 2. The van der Waals surface area contributed by atoms with Crippen molar-refractivity contribution in [1.29, 1.82) is 0 Å². The van der Waals surface area contributed by atoms with Gasteiger partial charge in [-0.3, -0.25) is 19.4 Å². The fourth-order valence-electron chi connectivity index (χ4n) is 4.75. The Kier molecular flexibility index (Phi) is 6.19. The first-order chi connectivity index (χ1) is 14.2. The van der Waals surface area contributed by atoms with Crippen LogP contribution >= 0.6 is 0 Å². The number of amides is 2. The van der Waals surface area contributed by atoms with Gasteiger partial charge in [0.1, 0.15) is 5.75 Å². The van der Waals surface area contributed by atoms with Crippen LogP contribution in [0.4, 0.5) is 5.69 Å². The van der Waals surface area contributed by atoms with Crippen molar-refractivity contribution >= 4 is 17.5 Å². The van der Waals surface area contributed by atoms with Crippen molar-refractivity contribution in [2.24, 2.45) is 11.8 Å². The second-order valence-corrected chi connectivity index (χ2v) is 8.07. The molecule has 1 aliphatic carbocycles. The first-order valence-electron chi connectivity index (χ1n) is 10.9. The van der Waals surface area contributed by atoms with E-state index in [1.54, 1.807) is 0 Å². The summed E-state index contributed by atoms with van der Waals surface area (Å²) in [6.07, 6.45) is 6.37. The van der Waals surface area contributed by atoms with Crippen LogP contribution < -0.4 is 9.64 Å². The van der Waals surface area contributed by atoms with E-state index in [4.69, 9.17) is 4.74 Å². The fraction of sp³-hybridized carbons (Fsp3) is 0.565. The lowest BCUT2D eigenvalue weighted by atomic mass is 9.85. The number of ether oxygens (including phenoxy) is 1. The summed E-state index contributed by atoms with van der Waals surface area (Å²) in [6.45, 7) is 8.04. The third kappa shape index (κ3) is 4.17. The van der Waals surface area contributed by atoms with Gasteiger partial charge in [0.15, 0.2) is 0 Å². The average Bonchev–Trinajstić information content (AvgIpc) is 3.00. The van der Waals surface area contributed by atoms with Crippen LogP contribution in [-0.4, -0.2) is 67.5 Å². The molecule has 4 rings (SSSR count). The molecule has 0 spiro atoms. The molecule has 6 nitrogen and oxygen atoms in total. The minimum atomic E-state index is -0.110. The van der Waals surface area contributed by atoms with Crippen LogP contribution in [0, 0.1) is 11.8 Å². The van der Waals surface area contributed by atoms with E-state index >= 15 is 0 Å². The van der Waals surface area contributed by atoms with Crippen molar-refractivity contribution in [3.63, 3.8) is 0 Å². The number of para-hydroxylation sites is 2. The number of fused-ring (bicyclic) bond motifs is 1. The van der Waals surface area contributed by atoms with E-state index in [2.05, 4.69) is 21.9 Å². The summed E-state index contributed by atoms with van der Waals surface area (Å²) in [4.78, 5) is 31.4. The van der Waals surface area contributed by atoms with Gasteiger partial charge in [0.2, 0.25) is 11.8 Å². The van der Waals surface area contributed by atoms with Gasteiger partial charge in [0.05, 0.1) is 24.1 Å². The zero-order chi connectivity index (χ0) is 20.2. The lowest BCUT2D eigenvalue weighted by Crippen LogP contribution is -2.47. The Labute approximate surface area is 173 Å². The lowest BCUT2D eigenvalue weighted by molar-refractivity contribution is -0.140. The van der Waals surface area contributed by atoms with E-state index in [1.165, 1.54) is 10.6 Å². The minimum Gasteiger partial charge on any atom is -0.492 e. The topological polar surface area (TPSA) is 53.1 Å². The maximum Gasteiger partial charge on any atom is 0.233 e. The van der Waals surface area contributed by atoms with E-state index in [-0.39, 0.29) is 23.7 Å². The Morgan fingerprint density at radius 1 is 0.931 bits per heavy atom. The number of likely N-dealkylation sites (tertiary alicyclic amines) is 1. The molecule has 2 amide bonds. The zero-order valence-corrected chi connectivity index (χ0v) is 17.3. The Bertz CT molecular complexity index is 744. The third-order valence-electron chi connectivity index (χ3n) is 6.33. The molecule has 1 aromatic rings. The highest BCUT2D eigenvalue weighted by molar-refractivity contribution is 6.05. The lowest BCUT2D eigenvalue weighted by Gasteiger charge is -2.36. The van der Waals surface area contributed by atoms with Gasteiger partial charge in [-0.05, 0) is 44.9 Å². The summed E-state index contributed by atoms with van der Waals surface area (Å²) in [5, 5.41) is 0. The number of allylic oxidation sites excluding steroid dienone is 2. The summed E-state index contributed by atoms with van der Waals surface area (Å²) in [7, 11) is 0. The molecule has 2 fully saturated rings. The molecule has 1 aromatic carbocycles. The normalized spacial score (nSPS) is 24.9. The number of anilines is 1.